The highest BCUT2D eigenvalue weighted by molar-refractivity contribution is 5.78. The number of halogens is 1. The number of nitrogens with two attached hydrogens (primary N) is 1. The van der Waals surface area contributed by atoms with Crippen molar-refractivity contribution in [2.45, 2.75) is 24.8 Å². The van der Waals surface area contributed by atoms with Crippen LogP contribution in [0, 0.1) is 5.82 Å². The summed E-state index contributed by atoms with van der Waals surface area (Å²) in [6, 6.07) is 7.20. The quantitative estimate of drug-likeness (QED) is 0.642. The molecule has 1 saturated carbocycles. The van der Waals surface area contributed by atoms with E-state index in [1.54, 1.807) is 24.5 Å². The predicted octanol–water partition coefficient (Wildman–Crippen LogP) is 2.01. The maximum atomic E-state index is 13.9. The van der Waals surface area contributed by atoms with E-state index in [-0.39, 0.29) is 17.6 Å². The Morgan fingerprint density at radius 2 is 1.89 bits per heavy atom. The Bertz CT molecular complexity index is 832. The van der Waals surface area contributed by atoms with E-state index >= 15 is 0 Å². The Kier molecular flexibility index (Phi) is 5.27. The van der Waals surface area contributed by atoms with Crippen LogP contribution < -0.4 is 15.4 Å². The van der Waals surface area contributed by atoms with Gasteiger partial charge in [0.15, 0.2) is 17.5 Å². The fourth-order valence-electron chi connectivity index (χ4n) is 3.76. The molecule has 0 unspecified atom stereocenters. The Labute approximate surface area is 164 Å². The smallest absolute Gasteiger partial charge is 0.225 e. The van der Waals surface area contributed by atoms with Crippen LogP contribution in [0.2, 0.25) is 0 Å². The van der Waals surface area contributed by atoms with Crippen LogP contribution in [0.15, 0.2) is 41.7 Å². The molecule has 1 aliphatic heterocycles. The molecule has 0 amide bonds. The molecule has 2 heterocycles. The minimum absolute atomic E-state index is 0.200. The molecule has 0 atom stereocenters. The minimum atomic E-state index is -0.313. The van der Waals surface area contributed by atoms with E-state index in [9.17, 15) is 4.39 Å². The molecule has 148 valence electrons. The Morgan fingerprint density at radius 1 is 1.18 bits per heavy atom. The van der Waals surface area contributed by atoms with Gasteiger partial charge < -0.3 is 20.3 Å². The molecule has 4 rings (SSSR count). The third-order valence-electron chi connectivity index (χ3n) is 5.51. The van der Waals surface area contributed by atoms with Gasteiger partial charge in [0.25, 0.3) is 0 Å². The van der Waals surface area contributed by atoms with Crippen LogP contribution in [-0.2, 0) is 0 Å². The third kappa shape index (κ3) is 3.85. The number of hydrogen-bond acceptors (Lipinski definition) is 5. The summed E-state index contributed by atoms with van der Waals surface area (Å²) >= 11 is 0. The molecule has 0 spiro atoms. The number of ether oxygens (including phenoxy) is 1. The molecule has 1 aromatic carbocycles. The lowest BCUT2D eigenvalue weighted by atomic mass is 9.76. The van der Waals surface area contributed by atoms with E-state index in [2.05, 4.69) is 24.8 Å². The second-order valence-electron chi connectivity index (χ2n) is 7.23. The van der Waals surface area contributed by atoms with E-state index < -0.39 is 0 Å². The number of guanidine groups is 1. The van der Waals surface area contributed by atoms with Crippen LogP contribution in [0.5, 0.6) is 5.75 Å². The van der Waals surface area contributed by atoms with Crippen LogP contribution in [0.3, 0.4) is 0 Å². The molecular weight excluding hydrogens is 359 g/mol. The molecule has 2 N–H and O–H groups in total. The first kappa shape index (κ1) is 18.5. The Balaban J connectivity index is 1.28. The zero-order chi connectivity index (χ0) is 19.5. The summed E-state index contributed by atoms with van der Waals surface area (Å²) in [4.78, 5) is 17.5. The molecule has 2 fully saturated rings. The number of piperazine rings is 1. The van der Waals surface area contributed by atoms with Gasteiger partial charge in [-0.3, -0.25) is 0 Å². The average molecular weight is 384 g/mol. The van der Waals surface area contributed by atoms with E-state index in [4.69, 9.17) is 10.5 Å². The molecule has 7 nitrogen and oxygen atoms in total. The molecule has 8 heteroatoms. The summed E-state index contributed by atoms with van der Waals surface area (Å²) in [6.45, 7) is 3.23. The first-order chi connectivity index (χ1) is 13.6. The first-order valence-electron chi connectivity index (χ1n) is 9.57. The van der Waals surface area contributed by atoms with E-state index in [1.165, 1.54) is 7.11 Å². The van der Waals surface area contributed by atoms with Crippen molar-refractivity contribution in [2.75, 3.05) is 38.2 Å². The zero-order valence-electron chi connectivity index (χ0n) is 16.0. The van der Waals surface area contributed by atoms with Gasteiger partial charge in [-0.2, -0.15) is 0 Å². The van der Waals surface area contributed by atoms with Crippen molar-refractivity contribution in [3.05, 3.63) is 48.0 Å². The average Bonchev–Trinajstić information content (AvgIpc) is 2.71. The first-order valence-corrected chi connectivity index (χ1v) is 9.57. The van der Waals surface area contributed by atoms with Crippen LogP contribution in [0.25, 0.3) is 0 Å². The zero-order valence-corrected chi connectivity index (χ0v) is 16.0. The SMILES string of the molecule is COc1ccc(C2CC(N=C(N)N3CCN(c4ncccn4)CC3)C2)cc1F. The van der Waals surface area contributed by atoms with Crippen LogP contribution in [0.4, 0.5) is 10.3 Å². The van der Waals surface area contributed by atoms with Gasteiger partial charge in [-0.1, -0.05) is 6.07 Å². The number of benzene rings is 1. The highest BCUT2D eigenvalue weighted by atomic mass is 19.1. The molecular formula is C20H25FN6O. The summed E-state index contributed by atoms with van der Waals surface area (Å²) in [5.74, 6) is 1.65. The lowest BCUT2D eigenvalue weighted by molar-refractivity contribution is 0.334. The number of anilines is 1. The van der Waals surface area contributed by atoms with Crippen molar-refractivity contribution in [3.63, 3.8) is 0 Å². The maximum absolute atomic E-state index is 13.9. The van der Waals surface area contributed by atoms with E-state index in [0.717, 1.165) is 50.5 Å². The molecule has 2 aromatic rings. The Hall–Kier alpha value is -2.90. The van der Waals surface area contributed by atoms with Gasteiger partial charge in [-0.25, -0.2) is 19.4 Å². The lowest BCUT2D eigenvalue weighted by Gasteiger charge is -2.37. The summed E-state index contributed by atoms with van der Waals surface area (Å²) < 4.78 is 18.9. The summed E-state index contributed by atoms with van der Waals surface area (Å²) in [5, 5.41) is 0. The van der Waals surface area contributed by atoms with Gasteiger partial charge in [-0.05, 0) is 42.5 Å². The highest BCUT2D eigenvalue weighted by Crippen LogP contribution is 2.39. The fourth-order valence-corrected chi connectivity index (χ4v) is 3.76. The largest absolute Gasteiger partial charge is 0.494 e. The van der Waals surface area contributed by atoms with Gasteiger partial charge in [0.05, 0.1) is 13.2 Å². The van der Waals surface area contributed by atoms with Crippen molar-refractivity contribution in [2.24, 2.45) is 10.7 Å². The van der Waals surface area contributed by atoms with Crippen molar-refractivity contribution in [3.8, 4) is 5.75 Å². The maximum Gasteiger partial charge on any atom is 0.225 e. The van der Waals surface area contributed by atoms with Gasteiger partial charge in [0.1, 0.15) is 0 Å². The van der Waals surface area contributed by atoms with Crippen LogP contribution in [-0.4, -0.2) is 60.2 Å². The molecule has 0 radical (unpaired) electrons. The fraction of sp³-hybridized carbons (Fsp3) is 0.450. The molecule has 1 aromatic heterocycles. The molecule has 28 heavy (non-hydrogen) atoms. The van der Waals surface area contributed by atoms with Crippen LogP contribution >= 0.6 is 0 Å². The van der Waals surface area contributed by atoms with E-state index in [0.29, 0.717) is 11.9 Å². The van der Waals surface area contributed by atoms with E-state index in [1.807, 2.05) is 12.1 Å². The summed E-state index contributed by atoms with van der Waals surface area (Å²) in [7, 11) is 1.47. The van der Waals surface area contributed by atoms with Gasteiger partial charge in [-0.15, -0.1) is 0 Å². The van der Waals surface area contributed by atoms with Crippen molar-refractivity contribution >= 4 is 11.9 Å². The van der Waals surface area contributed by atoms with Gasteiger partial charge >= 0.3 is 0 Å². The van der Waals surface area contributed by atoms with Gasteiger partial charge in [0.2, 0.25) is 5.95 Å². The van der Waals surface area contributed by atoms with Crippen molar-refractivity contribution < 1.29 is 9.13 Å². The molecule has 1 aliphatic carbocycles. The molecule has 1 saturated heterocycles. The highest BCUT2D eigenvalue weighted by Gasteiger charge is 2.31. The van der Waals surface area contributed by atoms with Crippen molar-refractivity contribution in [1.82, 2.24) is 14.9 Å². The number of rotatable bonds is 4. The molecule has 0 bridgehead atoms. The normalized spacial score (nSPS) is 22.7. The lowest BCUT2D eigenvalue weighted by Crippen LogP contribution is -2.52. The van der Waals surface area contributed by atoms with Gasteiger partial charge in [0, 0.05) is 38.6 Å². The number of methoxy groups -OCH3 is 1. The number of aromatic nitrogens is 2. The third-order valence-corrected chi connectivity index (χ3v) is 5.51. The summed E-state index contributed by atoms with van der Waals surface area (Å²) in [5.41, 5.74) is 7.24. The van der Waals surface area contributed by atoms with Crippen LogP contribution in [0.1, 0.15) is 24.3 Å². The minimum Gasteiger partial charge on any atom is -0.494 e. The number of nitrogens with zero attached hydrogens (tertiary/aromatic N) is 5. The number of aliphatic imine (C=N–C) groups is 1. The monoisotopic (exact) mass is 384 g/mol. The standard InChI is InChI=1S/C20H25FN6O/c1-28-18-4-3-14(13-17(18)21)15-11-16(12-15)25-19(22)26-7-9-27(10-8-26)20-23-5-2-6-24-20/h2-6,13,15-16H,7-12H2,1H3,(H2,22,25). The second-order valence-corrected chi connectivity index (χ2v) is 7.23. The summed E-state index contributed by atoms with van der Waals surface area (Å²) in [6.07, 6.45) is 5.30. The Morgan fingerprint density at radius 3 is 2.54 bits per heavy atom. The predicted molar refractivity (Wildman–Crippen MR) is 106 cm³/mol. The topological polar surface area (TPSA) is 79.9 Å². The number of hydrogen-bond donors (Lipinski definition) is 1. The molecule has 2 aliphatic rings. The second kappa shape index (κ2) is 8.00. The van der Waals surface area contributed by atoms with Crippen molar-refractivity contribution in [1.29, 1.82) is 0 Å².